The lowest BCUT2D eigenvalue weighted by atomic mass is 9.54. The Kier molecular flexibility index (Phi) is 13.1. The van der Waals surface area contributed by atoms with Gasteiger partial charge in [-0.25, -0.2) is 0 Å². The summed E-state index contributed by atoms with van der Waals surface area (Å²) in [5, 5.41) is 4.40. The van der Waals surface area contributed by atoms with Crippen LogP contribution in [0.25, 0.3) is 44.5 Å². The maximum absolute atomic E-state index is 4.40. The van der Waals surface area contributed by atoms with Crippen molar-refractivity contribution < 1.29 is 0 Å². The third-order valence-corrected chi connectivity index (χ3v) is 21.2. The minimum absolute atomic E-state index is 0.0152. The van der Waals surface area contributed by atoms with Gasteiger partial charge in [0.2, 0.25) is 0 Å². The SMILES string of the molecule is Cc1cc2c(cc1Nc1c(-c3cc(N(c4ccc(-c5ccccc5)cc4C)c4ccc(-c5ccccc5)cc4C)cc4c3[B]c3cccc5c3N4c3ccccc3C5(c3ccccc3)c3ccccc3)ccc3c1-c1ccccc1C3(C)C)C(C)(C)CCC2(C)C. The molecular formula is C87H75BN3. The Bertz CT molecular complexity index is 4760. The number of rotatable bonds is 10. The first-order valence-electron chi connectivity index (χ1n) is 32.6. The van der Waals surface area contributed by atoms with Gasteiger partial charge in [-0.3, -0.25) is 0 Å². The topological polar surface area (TPSA) is 18.5 Å². The summed E-state index contributed by atoms with van der Waals surface area (Å²) in [6.07, 6.45) is 2.30. The summed E-state index contributed by atoms with van der Waals surface area (Å²) in [4.78, 5) is 5.20. The van der Waals surface area contributed by atoms with E-state index in [1.54, 1.807) is 0 Å². The molecule has 91 heavy (non-hydrogen) atoms. The summed E-state index contributed by atoms with van der Waals surface area (Å²) in [6.45, 7) is 21.5. The molecule has 0 unspecified atom stereocenters. The first kappa shape index (κ1) is 56.3. The second-order valence-electron chi connectivity index (χ2n) is 27.9. The highest BCUT2D eigenvalue weighted by molar-refractivity contribution is 6.73. The van der Waals surface area contributed by atoms with Gasteiger partial charge in [-0.15, -0.1) is 0 Å². The van der Waals surface area contributed by atoms with E-state index >= 15 is 0 Å². The molecule has 2 heterocycles. The van der Waals surface area contributed by atoms with Gasteiger partial charge in [-0.1, -0.05) is 259 Å². The number of fused-ring (bicyclic) bond motifs is 8. The molecule has 0 amide bonds. The van der Waals surface area contributed by atoms with Gasteiger partial charge in [0, 0.05) is 50.7 Å². The van der Waals surface area contributed by atoms with Crippen LogP contribution in [0.4, 0.5) is 45.5 Å². The van der Waals surface area contributed by atoms with E-state index in [0.717, 1.165) is 63.8 Å². The van der Waals surface area contributed by atoms with Crippen molar-refractivity contribution in [2.45, 2.75) is 96.8 Å². The highest BCUT2D eigenvalue weighted by Gasteiger charge is 2.49. The summed E-state index contributed by atoms with van der Waals surface area (Å²) in [6, 6.07) is 98.6. The van der Waals surface area contributed by atoms with Crippen LogP contribution in [0.15, 0.2) is 261 Å². The number of nitrogens with zero attached hydrogens (tertiary/aromatic N) is 2. The summed E-state index contributed by atoms with van der Waals surface area (Å²) in [7, 11) is 2.52. The number of anilines is 8. The maximum Gasteiger partial charge on any atom is 0.197 e. The van der Waals surface area contributed by atoms with Crippen molar-refractivity contribution in [1.82, 2.24) is 0 Å². The normalized spacial score (nSPS) is 15.4. The monoisotopic (exact) mass is 1170 g/mol. The molecule has 1 radical (unpaired) electrons. The Balaban J connectivity index is 1.02. The predicted molar refractivity (Wildman–Crippen MR) is 386 cm³/mol. The zero-order chi connectivity index (χ0) is 62.1. The van der Waals surface area contributed by atoms with E-state index < -0.39 is 5.41 Å². The van der Waals surface area contributed by atoms with Crippen LogP contribution >= 0.6 is 0 Å². The first-order valence-corrected chi connectivity index (χ1v) is 32.6. The van der Waals surface area contributed by atoms with Gasteiger partial charge in [-0.2, -0.15) is 0 Å². The lowest BCUT2D eigenvalue weighted by molar-refractivity contribution is 0.332. The second kappa shape index (κ2) is 21.1. The van der Waals surface area contributed by atoms with Gasteiger partial charge in [0.25, 0.3) is 0 Å². The number of hydrogen-bond acceptors (Lipinski definition) is 3. The second-order valence-corrected chi connectivity index (χ2v) is 27.9. The summed E-state index contributed by atoms with van der Waals surface area (Å²) >= 11 is 0. The van der Waals surface area contributed by atoms with Crippen LogP contribution in [0, 0.1) is 20.8 Å². The van der Waals surface area contributed by atoms with E-state index in [4.69, 9.17) is 0 Å². The van der Waals surface area contributed by atoms with Crippen LogP contribution in [-0.2, 0) is 21.7 Å². The molecule has 12 aromatic carbocycles. The number of benzene rings is 12. The molecule has 0 spiro atoms. The lowest BCUT2D eigenvalue weighted by Gasteiger charge is -2.49. The fourth-order valence-electron chi connectivity index (χ4n) is 16.3. The molecule has 0 fully saturated rings. The number of nitrogens with one attached hydrogen (secondary N) is 1. The molecule has 0 aromatic heterocycles. The Labute approximate surface area is 539 Å². The van der Waals surface area contributed by atoms with Crippen molar-refractivity contribution in [2.75, 3.05) is 15.1 Å². The van der Waals surface area contributed by atoms with Crippen LogP contribution in [0.3, 0.4) is 0 Å². The molecule has 0 saturated carbocycles. The quantitative estimate of drug-likeness (QED) is 0.138. The van der Waals surface area contributed by atoms with E-state index in [0.29, 0.717) is 0 Å². The van der Waals surface area contributed by atoms with Crippen LogP contribution < -0.4 is 26.0 Å². The third kappa shape index (κ3) is 8.77. The van der Waals surface area contributed by atoms with Crippen LogP contribution in [0.2, 0.25) is 0 Å². The molecule has 2 aliphatic heterocycles. The average Bonchev–Trinajstić information content (AvgIpc) is 1.05. The minimum atomic E-state index is -0.637. The molecular weight excluding hydrogens is 1100 g/mol. The molecule has 1 N–H and O–H groups in total. The molecule has 0 saturated heterocycles. The smallest absolute Gasteiger partial charge is 0.197 e. The fraction of sp³-hybridized carbons (Fsp3) is 0.172. The Morgan fingerprint density at radius 3 is 1.54 bits per heavy atom. The lowest BCUT2D eigenvalue weighted by Crippen LogP contribution is -2.47. The molecule has 3 nitrogen and oxygen atoms in total. The first-order chi connectivity index (χ1) is 44.1. The predicted octanol–water partition coefficient (Wildman–Crippen LogP) is 21.6. The van der Waals surface area contributed by atoms with Gasteiger partial charge in [0.15, 0.2) is 7.28 Å². The zero-order valence-electron chi connectivity index (χ0n) is 53.7. The molecule has 16 rings (SSSR count). The van der Waals surface area contributed by atoms with Crippen molar-refractivity contribution in [3.63, 3.8) is 0 Å². The standard InChI is InChI=1S/C87H75BN3/c1-55-51-72-73(85(6,7)48-47-84(72,4)5)54-75(55)89-82-65(43-44-70-80(82)66-35-22-23-36-68(66)86(70,8)9)67-52-64(90(76-45-41-60(49-56(76)2)58-27-14-10-15-28-58)77-46-42-61(50-57(77)3)59-29-16-11-17-30-59)53-79-81(67)88-74-39-26-38-71-83(74)91(79)78-40-25-24-37-69(78)87(71,62-31-18-12-19-32-62)63-33-20-13-21-34-63/h10-46,49-54,89H,47-48H2,1-9H3. The Hall–Kier alpha value is -9.90. The molecule has 441 valence electrons. The van der Waals surface area contributed by atoms with Crippen molar-refractivity contribution in [3.05, 3.63) is 322 Å². The summed E-state index contributed by atoms with van der Waals surface area (Å²) in [5.41, 5.74) is 34.4. The van der Waals surface area contributed by atoms with Crippen molar-refractivity contribution >= 4 is 63.7 Å². The molecule has 12 aromatic rings. The molecule has 2 aliphatic carbocycles. The van der Waals surface area contributed by atoms with Crippen LogP contribution in [0.1, 0.15) is 116 Å². The molecule has 0 bridgehead atoms. The fourth-order valence-corrected chi connectivity index (χ4v) is 16.3. The third-order valence-electron chi connectivity index (χ3n) is 21.2. The summed E-state index contributed by atoms with van der Waals surface area (Å²) in [5.74, 6) is 0. The van der Waals surface area contributed by atoms with E-state index in [-0.39, 0.29) is 16.2 Å². The van der Waals surface area contributed by atoms with Gasteiger partial charge < -0.3 is 15.1 Å². The van der Waals surface area contributed by atoms with Crippen molar-refractivity contribution in [2.24, 2.45) is 0 Å². The Morgan fingerprint density at radius 2 is 0.934 bits per heavy atom. The highest BCUT2D eigenvalue weighted by atomic mass is 15.2. The zero-order valence-corrected chi connectivity index (χ0v) is 53.7. The highest BCUT2D eigenvalue weighted by Crippen LogP contribution is 2.60. The minimum Gasteiger partial charge on any atom is -0.354 e. The van der Waals surface area contributed by atoms with E-state index in [1.807, 2.05) is 0 Å². The number of hydrogen-bond donors (Lipinski definition) is 1. The van der Waals surface area contributed by atoms with Crippen molar-refractivity contribution in [1.29, 1.82) is 0 Å². The van der Waals surface area contributed by atoms with Crippen LogP contribution in [-0.4, -0.2) is 7.28 Å². The van der Waals surface area contributed by atoms with Gasteiger partial charge in [0.1, 0.15) is 0 Å². The van der Waals surface area contributed by atoms with Gasteiger partial charge in [-0.05, 0) is 193 Å². The van der Waals surface area contributed by atoms with Crippen LogP contribution in [0.5, 0.6) is 0 Å². The Morgan fingerprint density at radius 1 is 0.396 bits per heavy atom. The maximum atomic E-state index is 4.40. The van der Waals surface area contributed by atoms with Gasteiger partial charge >= 0.3 is 0 Å². The van der Waals surface area contributed by atoms with Crippen molar-refractivity contribution in [3.8, 4) is 44.5 Å². The van der Waals surface area contributed by atoms with Gasteiger partial charge in [0.05, 0.1) is 16.8 Å². The average molecular weight is 1170 g/mol. The molecule has 0 atom stereocenters. The largest absolute Gasteiger partial charge is 0.354 e. The number of para-hydroxylation sites is 2. The molecule has 4 heteroatoms. The van der Waals surface area contributed by atoms with E-state index in [2.05, 4.69) is 346 Å². The van der Waals surface area contributed by atoms with E-state index in [1.165, 1.54) is 111 Å². The van der Waals surface area contributed by atoms with E-state index in [9.17, 15) is 0 Å². The molecule has 4 aliphatic rings. The summed E-state index contributed by atoms with van der Waals surface area (Å²) < 4.78 is 0. The number of aryl methyl sites for hydroxylation is 3.